The molecular weight excluding hydrogens is 393 g/mol. The second-order valence-corrected chi connectivity index (χ2v) is 6.01. The van der Waals surface area contributed by atoms with Gasteiger partial charge in [-0.15, -0.1) is 0 Å². The summed E-state index contributed by atoms with van der Waals surface area (Å²) < 4.78 is 72.9. The number of nitrogens with one attached hydrogen (secondary N) is 1. The molecule has 2 aromatic rings. The van der Waals surface area contributed by atoms with Crippen LogP contribution in [0.5, 0.6) is 5.88 Å². The predicted molar refractivity (Wildman–Crippen MR) is 97.5 cm³/mol. The lowest BCUT2D eigenvalue weighted by Crippen LogP contribution is -2.45. The number of alkyl halides is 2. The number of nitrogen functional groups attached to an aromatic ring is 1. The Bertz CT molecular complexity index is 1070. The zero-order valence-electron chi connectivity index (χ0n) is 17.7. The van der Waals surface area contributed by atoms with Gasteiger partial charge in [-0.05, 0) is 18.2 Å². The van der Waals surface area contributed by atoms with Crippen LogP contribution >= 0.6 is 0 Å². The number of aliphatic imine (C=N–C) groups is 1. The Morgan fingerprint density at radius 2 is 2.24 bits per heavy atom. The van der Waals surface area contributed by atoms with E-state index in [1.165, 1.54) is 0 Å². The van der Waals surface area contributed by atoms with E-state index in [2.05, 4.69) is 25.0 Å². The van der Waals surface area contributed by atoms with Gasteiger partial charge in [-0.1, -0.05) is 0 Å². The van der Waals surface area contributed by atoms with Crippen molar-refractivity contribution < 1.29 is 31.6 Å². The summed E-state index contributed by atoms with van der Waals surface area (Å²) in [5.74, 6) is -3.03. The Hall–Kier alpha value is -3.41. The maximum absolute atomic E-state index is 14.5. The fourth-order valence-corrected chi connectivity index (χ4v) is 2.73. The van der Waals surface area contributed by atoms with Crippen molar-refractivity contribution in [3.8, 4) is 5.88 Å². The summed E-state index contributed by atoms with van der Waals surface area (Å²) in [7, 11) is -2.80. The van der Waals surface area contributed by atoms with Crippen molar-refractivity contribution >= 4 is 23.2 Å². The van der Waals surface area contributed by atoms with Crippen molar-refractivity contribution in [3.05, 3.63) is 41.5 Å². The molecule has 1 atom stereocenters. The lowest BCUT2D eigenvalue weighted by atomic mass is 9.90. The summed E-state index contributed by atoms with van der Waals surface area (Å²) in [6, 6.07) is 2.97. The lowest BCUT2D eigenvalue weighted by molar-refractivity contribution is -0.0145. The molecule has 0 spiro atoms. The zero-order valence-corrected chi connectivity index (χ0v) is 14.7. The van der Waals surface area contributed by atoms with Gasteiger partial charge < -0.3 is 26.3 Å². The number of benzene rings is 1. The number of aromatic nitrogens is 2. The highest BCUT2D eigenvalue weighted by Crippen LogP contribution is 2.38. The van der Waals surface area contributed by atoms with E-state index in [0.717, 1.165) is 24.4 Å². The number of amides is 1. The summed E-state index contributed by atoms with van der Waals surface area (Å²) in [6.07, 6.45) is -2.29. The predicted octanol–water partition coefficient (Wildman–Crippen LogP) is 1.31. The Morgan fingerprint density at radius 3 is 2.90 bits per heavy atom. The highest BCUT2D eigenvalue weighted by molar-refractivity contribution is 6.05. The number of ether oxygens (including phenoxy) is 2. The van der Waals surface area contributed by atoms with Gasteiger partial charge >= 0.3 is 0 Å². The number of nitrogens with zero attached hydrogens (tertiary/aromatic N) is 3. The number of anilines is 2. The minimum atomic E-state index is -3.16. The Labute approximate surface area is 167 Å². The highest BCUT2D eigenvalue weighted by atomic mass is 19.3. The molecule has 1 aliphatic heterocycles. The van der Waals surface area contributed by atoms with Gasteiger partial charge in [0, 0.05) is 11.3 Å². The Morgan fingerprint density at radius 1 is 1.45 bits per heavy atom. The van der Waals surface area contributed by atoms with Crippen molar-refractivity contribution in [1.82, 2.24) is 9.97 Å². The number of rotatable bonds is 5. The van der Waals surface area contributed by atoms with Crippen LogP contribution in [0.1, 0.15) is 20.2 Å². The SMILES string of the molecule is [2H]C([2H])([2H])Oc1cnc(C(=O)Nc2ccc(F)c(C3(C(F)F)COCC(N)=N3)c2)c(N)n1. The average Bonchev–Trinajstić information content (AvgIpc) is 2.68. The molecule has 0 saturated heterocycles. The van der Waals surface area contributed by atoms with Gasteiger partial charge in [0.2, 0.25) is 5.88 Å². The van der Waals surface area contributed by atoms with Crippen LogP contribution in [0.4, 0.5) is 24.7 Å². The van der Waals surface area contributed by atoms with Crippen molar-refractivity contribution in [2.75, 3.05) is 31.3 Å². The molecule has 0 radical (unpaired) electrons. The first kappa shape index (κ1) is 16.5. The summed E-state index contributed by atoms with van der Waals surface area (Å²) >= 11 is 0. The second kappa shape index (κ2) is 7.91. The van der Waals surface area contributed by atoms with Gasteiger partial charge in [0.25, 0.3) is 12.3 Å². The molecule has 3 rings (SSSR count). The Balaban J connectivity index is 1.89. The number of methoxy groups -OCH3 is 1. The molecule has 0 fully saturated rings. The quantitative estimate of drug-likeness (QED) is 0.672. The van der Waals surface area contributed by atoms with Crippen molar-refractivity contribution in [1.29, 1.82) is 0 Å². The van der Waals surface area contributed by atoms with Crippen LogP contribution in [-0.2, 0) is 10.3 Å². The molecule has 1 amide bonds. The molecule has 0 bridgehead atoms. The largest absolute Gasteiger partial charge is 0.480 e. The Kier molecular flexibility index (Phi) is 4.51. The van der Waals surface area contributed by atoms with Crippen LogP contribution < -0.4 is 21.5 Å². The summed E-state index contributed by atoms with van der Waals surface area (Å²) in [6.45, 7) is -0.797. The molecule has 154 valence electrons. The molecule has 5 N–H and O–H groups in total. The van der Waals surface area contributed by atoms with Crippen molar-refractivity contribution in [2.24, 2.45) is 10.7 Å². The highest BCUT2D eigenvalue weighted by Gasteiger charge is 2.46. The molecular formula is C17H17F3N6O3. The molecule has 0 aliphatic carbocycles. The third-order valence-corrected chi connectivity index (χ3v) is 4.06. The van der Waals surface area contributed by atoms with E-state index in [1.807, 2.05) is 0 Å². The smallest absolute Gasteiger partial charge is 0.278 e. The summed E-state index contributed by atoms with van der Waals surface area (Å²) in [5.41, 5.74) is 7.76. The average molecular weight is 413 g/mol. The molecule has 1 aromatic carbocycles. The van der Waals surface area contributed by atoms with E-state index in [9.17, 15) is 18.0 Å². The number of hydrogen-bond donors (Lipinski definition) is 3. The minimum Gasteiger partial charge on any atom is -0.480 e. The van der Waals surface area contributed by atoms with Gasteiger partial charge in [0.1, 0.15) is 18.3 Å². The first-order chi connectivity index (χ1) is 14.9. The van der Waals surface area contributed by atoms with E-state index in [-0.39, 0.29) is 18.1 Å². The molecule has 9 nitrogen and oxygen atoms in total. The maximum Gasteiger partial charge on any atom is 0.278 e. The topological polar surface area (TPSA) is 138 Å². The zero-order chi connectivity index (χ0) is 23.7. The molecule has 1 aromatic heterocycles. The van der Waals surface area contributed by atoms with Crippen LogP contribution in [0.2, 0.25) is 0 Å². The number of halogens is 3. The number of amidine groups is 1. The van der Waals surface area contributed by atoms with Gasteiger partial charge in [0.15, 0.2) is 17.1 Å². The van der Waals surface area contributed by atoms with E-state index in [4.69, 9.17) is 20.3 Å². The van der Waals surface area contributed by atoms with Crippen LogP contribution in [0.25, 0.3) is 0 Å². The number of hydrogen-bond acceptors (Lipinski definition) is 8. The van der Waals surface area contributed by atoms with Gasteiger partial charge in [-0.25, -0.2) is 18.2 Å². The maximum atomic E-state index is 14.5. The van der Waals surface area contributed by atoms with Crippen molar-refractivity contribution in [2.45, 2.75) is 12.0 Å². The van der Waals surface area contributed by atoms with Crippen molar-refractivity contribution in [3.63, 3.8) is 0 Å². The standard InChI is InChI=1S/C17H17F3N6O3/c1-28-12-5-23-13(14(22)25-12)15(27)24-8-2-3-10(18)9(4-8)17(16(19)20)7-29-6-11(21)26-17/h2-5,16H,6-7H2,1H3,(H2,21,26)(H2,22,25)(H,24,27)/i1D3. The first-order valence-corrected chi connectivity index (χ1v) is 8.04. The summed E-state index contributed by atoms with van der Waals surface area (Å²) in [5, 5.41) is 2.34. The third-order valence-electron chi connectivity index (χ3n) is 4.06. The lowest BCUT2D eigenvalue weighted by Gasteiger charge is -2.33. The summed E-state index contributed by atoms with van der Waals surface area (Å²) in [4.78, 5) is 23.6. The number of carbonyl (C=O) groups is 1. The van der Waals surface area contributed by atoms with Crippen LogP contribution in [-0.4, -0.2) is 48.4 Å². The molecule has 12 heteroatoms. The fraction of sp³-hybridized carbons (Fsp3) is 0.294. The van der Waals surface area contributed by atoms with E-state index >= 15 is 0 Å². The second-order valence-electron chi connectivity index (χ2n) is 6.01. The van der Waals surface area contributed by atoms with Gasteiger partial charge in [-0.2, -0.15) is 4.98 Å². The van der Waals surface area contributed by atoms with E-state index in [0.29, 0.717) is 0 Å². The van der Waals surface area contributed by atoms with Gasteiger partial charge in [0.05, 0.1) is 24.0 Å². The van der Waals surface area contributed by atoms with E-state index < -0.39 is 60.3 Å². The molecule has 0 saturated carbocycles. The van der Waals surface area contributed by atoms with Gasteiger partial charge in [-0.3, -0.25) is 9.79 Å². The van der Waals surface area contributed by atoms with Crippen LogP contribution in [0, 0.1) is 5.82 Å². The number of carbonyl (C=O) groups excluding carboxylic acids is 1. The van der Waals surface area contributed by atoms with Crippen LogP contribution in [0.15, 0.2) is 29.4 Å². The molecule has 1 unspecified atom stereocenters. The molecule has 29 heavy (non-hydrogen) atoms. The number of nitrogens with two attached hydrogens (primary N) is 2. The normalized spacial score (nSPS) is 21.0. The first-order valence-electron chi connectivity index (χ1n) is 9.54. The van der Waals surface area contributed by atoms with E-state index in [1.54, 1.807) is 0 Å². The fourth-order valence-electron chi connectivity index (χ4n) is 2.73. The third kappa shape index (κ3) is 3.92. The molecule has 1 aliphatic rings. The molecule has 2 heterocycles. The van der Waals surface area contributed by atoms with Crippen LogP contribution in [0.3, 0.4) is 0 Å². The minimum absolute atomic E-state index is 0.0743. The monoisotopic (exact) mass is 413 g/mol.